The van der Waals surface area contributed by atoms with Crippen LogP contribution in [0.4, 0.5) is 0 Å². The van der Waals surface area contributed by atoms with Crippen LogP contribution in [0.5, 0.6) is 5.88 Å². The lowest BCUT2D eigenvalue weighted by atomic mass is 10.0. The zero-order valence-corrected chi connectivity index (χ0v) is 21.5. The second-order valence-electron chi connectivity index (χ2n) is 8.02. The van der Waals surface area contributed by atoms with E-state index < -0.39 is 16.1 Å². The topological polar surface area (TPSA) is 71.5 Å². The highest BCUT2D eigenvalue weighted by Gasteiger charge is 2.22. The predicted octanol–water partition coefficient (Wildman–Crippen LogP) is 5.49. The molecule has 1 aromatic heterocycles. The van der Waals surface area contributed by atoms with Crippen molar-refractivity contribution in [1.29, 1.82) is 0 Å². The first-order chi connectivity index (χ1) is 15.2. The fraction of sp³-hybridized carbons (Fsp3) is 0.522. The summed E-state index contributed by atoms with van der Waals surface area (Å²) < 4.78 is 34.4. The Morgan fingerprint density at radius 1 is 1.09 bits per heavy atom. The third-order valence-corrected chi connectivity index (χ3v) is 7.42. The molecule has 0 bridgehead atoms. The molecule has 0 aliphatic heterocycles. The molecule has 178 valence electrons. The molecule has 0 fully saturated rings. The summed E-state index contributed by atoms with van der Waals surface area (Å²) in [6.45, 7) is 5.50. The van der Waals surface area contributed by atoms with Crippen molar-refractivity contribution in [2.75, 3.05) is 27.2 Å². The van der Waals surface area contributed by atoms with E-state index in [1.807, 2.05) is 13.0 Å². The van der Waals surface area contributed by atoms with E-state index in [0.717, 1.165) is 30.5 Å². The number of unbranched alkanes of at least 4 members (excludes halogenated alkanes) is 3. The number of hydrogen-bond acceptors (Lipinski definition) is 5. The van der Waals surface area contributed by atoms with Gasteiger partial charge < -0.3 is 9.64 Å². The molecule has 2 aromatic rings. The average molecular weight is 503 g/mol. The van der Waals surface area contributed by atoms with Gasteiger partial charge in [0.1, 0.15) is 0 Å². The van der Waals surface area contributed by atoms with E-state index in [-0.39, 0.29) is 9.92 Å². The van der Waals surface area contributed by atoms with Crippen LogP contribution in [0.1, 0.15) is 56.7 Å². The molecule has 0 aliphatic carbocycles. The van der Waals surface area contributed by atoms with Gasteiger partial charge in [0.05, 0.1) is 21.5 Å². The smallest absolute Gasteiger partial charge is 0.241 e. The Balaban J connectivity index is 2.03. The molecule has 1 N–H and O–H groups in total. The summed E-state index contributed by atoms with van der Waals surface area (Å²) in [6.07, 6.45) is 6.75. The van der Waals surface area contributed by atoms with E-state index in [1.54, 1.807) is 13.1 Å². The summed E-state index contributed by atoms with van der Waals surface area (Å²) in [7, 11) is 0.388. The van der Waals surface area contributed by atoms with Gasteiger partial charge in [-0.3, -0.25) is 0 Å². The highest BCUT2D eigenvalue weighted by atomic mass is 35.5. The summed E-state index contributed by atoms with van der Waals surface area (Å²) in [5.41, 5.74) is 1.75. The number of benzene rings is 1. The fourth-order valence-corrected chi connectivity index (χ4v) is 5.04. The highest BCUT2D eigenvalue weighted by Crippen LogP contribution is 2.29. The number of aromatic nitrogens is 1. The maximum Gasteiger partial charge on any atom is 0.241 e. The Kier molecular flexibility index (Phi) is 10.7. The van der Waals surface area contributed by atoms with E-state index in [1.165, 1.54) is 31.0 Å². The minimum atomic E-state index is -3.78. The zero-order chi connectivity index (χ0) is 23.7. The highest BCUT2D eigenvalue weighted by molar-refractivity contribution is 7.89. The molecule has 0 spiro atoms. The lowest BCUT2D eigenvalue weighted by Gasteiger charge is -2.20. The van der Waals surface area contributed by atoms with Gasteiger partial charge in [-0.2, -0.15) is 0 Å². The second kappa shape index (κ2) is 12.8. The molecule has 0 radical (unpaired) electrons. The number of hydrogen-bond donors (Lipinski definition) is 1. The van der Waals surface area contributed by atoms with Crippen LogP contribution in [0.2, 0.25) is 10.0 Å². The lowest BCUT2D eigenvalue weighted by molar-refractivity contribution is 0.288. The Morgan fingerprint density at radius 2 is 1.81 bits per heavy atom. The lowest BCUT2D eigenvalue weighted by Crippen LogP contribution is -2.27. The molecule has 9 heteroatoms. The number of pyridine rings is 1. The number of nitrogens with zero attached hydrogens (tertiary/aromatic N) is 2. The van der Waals surface area contributed by atoms with Gasteiger partial charge in [0.25, 0.3) is 0 Å². The Morgan fingerprint density at radius 3 is 2.47 bits per heavy atom. The monoisotopic (exact) mass is 501 g/mol. The number of ether oxygens (including phenoxy) is 1. The maximum absolute atomic E-state index is 12.8. The fourth-order valence-electron chi connectivity index (χ4n) is 3.43. The van der Waals surface area contributed by atoms with Crippen LogP contribution in [0.25, 0.3) is 0 Å². The molecule has 32 heavy (non-hydrogen) atoms. The predicted molar refractivity (Wildman–Crippen MR) is 131 cm³/mol. The van der Waals surface area contributed by atoms with Crippen molar-refractivity contribution in [2.45, 2.75) is 56.9 Å². The summed E-state index contributed by atoms with van der Waals surface area (Å²) in [6, 6.07) is 5.61. The van der Waals surface area contributed by atoms with Crippen LogP contribution in [0, 0.1) is 0 Å². The molecule has 1 heterocycles. The van der Waals surface area contributed by atoms with Crippen LogP contribution in [0.3, 0.4) is 0 Å². The average Bonchev–Trinajstić information content (AvgIpc) is 2.74. The largest absolute Gasteiger partial charge is 0.477 e. The van der Waals surface area contributed by atoms with Crippen LogP contribution in [-0.2, 0) is 16.4 Å². The maximum atomic E-state index is 12.8. The molecule has 6 nitrogen and oxygen atoms in total. The van der Waals surface area contributed by atoms with E-state index in [9.17, 15) is 8.42 Å². The van der Waals surface area contributed by atoms with Crippen molar-refractivity contribution >= 4 is 33.2 Å². The zero-order valence-electron chi connectivity index (χ0n) is 19.2. The third-order valence-electron chi connectivity index (χ3n) is 5.14. The van der Waals surface area contributed by atoms with Gasteiger partial charge >= 0.3 is 0 Å². The first-order valence-electron chi connectivity index (χ1n) is 10.9. The van der Waals surface area contributed by atoms with Crippen molar-refractivity contribution in [3.8, 4) is 5.88 Å². The van der Waals surface area contributed by atoms with Gasteiger partial charge in [0.2, 0.25) is 15.9 Å². The molecule has 0 saturated carbocycles. The summed E-state index contributed by atoms with van der Waals surface area (Å²) >= 11 is 11.9. The first-order valence-corrected chi connectivity index (χ1v) is 13.1. The quantitative estimate of drug-likeness (QED) is 0.367. The van der Waals surface area contributed by atoms with Crippen LogP contribution < -0.4 is 9.46 Å². The molecule has 0 amide bonds. The molecular formula is C23H33Cl2N3O3S. The summed E-state index contributed by atoms with van der Waals surface area (Å²) in [4.78, 5) is 6.64. The molecule has 1 aromatic carbocycles. The molecule has 1 unspecified atom stereocenters. The minimum absolute atomic E-state index is 0.0663. The summed E-state index contributed by atoms with van der Waals surface area (Å²) in [5.74, 6) is 0.568. The molecule has 0 saturated heterocycles. The van der Waals surface area contributed by atoms with Crippen LogP contribution >= 0.6 is 23.2 Å². The van der Waals surface area contributed by atoms with E-state index >= 15 is 0 Å². The Hall–Kier alpha value is -1.38. The van der Waals surface area contributed by atoms with Crippen molar-refractivity contribution in [3.63, 3.8) is 0 Å². The van der Waals surface area contributed by atoms with Crippen molar-refractivity contribution in [1.82, 2.24) is 14.6 Å². The minimum Gasteiger partial charge on any atom is -0.477 e. The van der Waals surface area contributed by atoms with Gasteiger partial charge in [-0.15, -0.1) is 0 Å². The number of halogens is 2. The van der Waals surface area contributed by atoms with Crippen molar-refractivity contribution < 1.29 is 13.2 Å². The van der Waals surface area contributed by atoms with E-state index in [0.29, 0.717) is 23.9 Å². The Labute approximate surface area is 202 Å². The SMILES string of the molecule is CCc1c(C(C)NS(=O)(=O)c2ccc(Cl)c(Cl)c2)ccnc1OCCCCCCN(C)C. The van der Waals surface area contributed by atoms with E-state index in [4.69, 9.17) is 27.9 Å². The second-order valence-corrected chi connectivity index (χ2v) is 10.6. The molecule has 1 atom stereocenters. The molecular weight excluding hydrogens is 469 g/mol. The number of rotatable bonds is 13. The third kappa shape index (κ3) is 7.89. The summed E-state index contributed by atoms with van der Waals surface area (Å²) in [5, 5.41) is 0.498. The Bertz CT molecular complexity index is 984. The first kappa shape index (κ1) is 26.9. The normalized spacial score (nSPS) is 12.8. The van der Waals surface area contributed by atoms with Gasteiger partial charge in [0.15, 0.2) is 0 Å². The van der Waals surface area contributed by atoms with Gasteiger partial charge in [-0.05, 0) is 76.7 Å². The molecule has 2 rings (SSSR count). The van der Waals surface area contributed by atoms with Crippen LogP contribution in [-0.4, -0.2) is 45.5 Å². The van der Waals surface area contributed by atoms with Gasteiger partial charge in [0, 0.05) is 17.8 Å². The standard InChI is InChI=1S/C23H33Cl2N3O3S/c1-5-19-20(12-13-26-23(19)31-15-9-7-6-8-14-28(3)4)17(2)27-32(29,30)18-10-11-21(24)22(25)16-18/h10-13,16-17,27H,5-9,14-15H2,1-4H3. The van der Waals surface area contributed by atoms with Gasteiger partial charge in [-0.1, -0.05) is 43.0 Å². The van der Waals surface area contributed by atoms with E-state index in [2.05, 4.69) is 28.7 Å². The number of sulfonamides is 1. The van der Waals surface area contributed by atoms with Crippen LogP contribution in [0.15, 0.2) is 35.4 Å². The number of nitrogens with one attached hydrogen (secondary N) is 1. The molecule has 0 aliphatic rings. The van der Waals surface area contributed by atoms with Gasteiger partial charge in [-0.25, -0.2) is 18.1 Å². The van der Waals surface area contributed by atoms with Crippen molar-refractivity contribution in [3.05, 3.63) is 51.6 Å². The van der Waals surface area contributed by atoms with Crippen molar-refractivity contribution in [2.24, 2.45) is 0 Å².